The summed E-state index contributed by atoms with van der Waals surface area (Å²) in [7, 11) is 3.52. The summed E-state index contributed by atoms with van der Waals surface area (Å²) in [6, 6.07) is 7.55. The second kappa shape index (κ2) is 5.49. The number of ether oxygens (including phenoxy) is 1. The molecule has 18 heavy (non-hydrogen) atoms. The highest BCUT2D eigenvalue weighted by Crippen LogP contribution is 2.12. The first-order valence-corrected chi connectivity index (χ1v) is 5.80. The lowest BCUT2D eigenvalue weighted by Gasteiger charge is -2.03. The van der Waals surface area contributed by atoms with Gasteiger partial charge in [0.15, 0.2) is 0 Å². The SMILES string of the molecule is COc1ccc(CC(=O)Cc2nccn2C)cc1. The number of Topliss-reactive ketones (excluding diaryl/α,β-unsaturated/α-hetero) is 1. The standard InChI is InChI=1S/C14H16N2O2/c1-16-8-7-15-14(16)10-12(17)9-11-3-5-13(18-2)6-4-11/h3-8H,9-10H2,1-2H3. The van der Waals surface area contributed by atoms with E-state index in [9.17, 15) is 4.79 Å². The molecule has 0 atom stereocenters. The van der Waals surface area contributed by atoms with Crippen LogP contribution in [0.2, 0.25) is 0 Å². The molecule has 0 unspecified atom stereocenters. The van der Waals surface area contributed by atoms with Crippen LogP contribution < -0.4 is 4.74 Å². The molecule has 0 saturated heterocycles. The Labute approximate surface area is 106 Å². The fraction of sp³-hybridized carbons (Fsp3) is 0.286. The number of carbonyl (C=O) groups excluding carboxylic acids is 1. The van der Waals surface area contributed by atoms with Gasteiger partial charge in [0.1, 0.15) is 17.4 Å². The van der Waals surface area contributed by atoms with Gasteiger partial charge in [0, 0.05) is 25.9 Å². The van der Waals surface area contributed by atoms with E-state index in [1.165, 1.54) is 0 Å². The summed E-state index contributed by atoms with van der Waals surface area (Å²) >= 11 is 0. The van der Waals surface area contributed by atoms with Crippen molar-refractivity contribution in [3.8, 4) is 5.75 Å². The summed E-state index contributed by atoms with van der Waals surface area (Å²) in [6.45, 7) is 0. The lowest BCUT2D eigenvalue weighted by atomic mass is 10.1. The van der Waals surface area contributed by atoms with Gasteiger partial charge < -0.3 is 9.30 Å². The van der Waals surface area contributed by atoms with Gasteiger partial charge in [-0.3, -0.25) is 4.79 Å². The van der Waals surface area contributed by atoms with E-state index in [0.717, 1.165) is 17.1 Å². The molecule has 0 N–H and O–H groups in total. The Morgan fingerprint density at radius 2 is 2.00 bits per heavy atom. The Bertz CT molecular complexity index is 529. The third-order valence-corrected chi connectivity index (χ3v) is 2.84. The Kier molecular flexibility index (Phi) is 3.77. The van der Waals surface area contributed by atoms with Crippen molar-refractivity contribution in [3.05, 3.63) is 48.0 Å². The van der Waals surface area contributed by atoms with Crippen LogP contribution in [-0.2, 0) is 24.7 Å². The number of imidazole rings is 1. The second-order valence-electron chi connectivity index (χ2n) is 4.19. The highest BCUT2D eigenvalue weighted by molar-refractivity contribution is 5.82. The van der Waals surface area contributed by atoms with E-state index in [1.54, 1.807) is 13.3 Å². The molecule has 0 aliphatic carbocycles. The van der Waals surface area contributed by atoms with Crippen molar-refractivity contribution >= 4 is 5.78 Å². The molecule has 94 valence electrons. The molecule has 2 rings (SSSR count). The van der Waals surface area contributed by atoms with E-state index in [2.05, 4.69) is 4.98 Å². The Morgan fingerprint density at radius 3 is 2.56 bits per heavy atom. The average Bonchev–Trinajstić information content (AvgIpc) is 2.76. The molecule has 0 saturated carbocycles. The van der Waals surface area contributed by atoms with Gasteiger partial charge in [-0.25, -0.2) is 4.98 Å². The van der Waals surface area contributed by atoms with Crippen LogP contribution >= 0.6 is 0 Å². The van der Waals surface area contributed by atoms with Crippen LogP contribution in [0.3, 0.4) is 0 Å². The molecule has 4 nitrogen and oxygen atoms in total. The molecular formula is C14H16N2O2. The van der Waals surface area contributed by atoms with E-state index in [0.29, 0.717) is 12.8 Å². The number of methoxy groups -OCH3 is 1. The van der Waals surface area contributed by atoms with Gasteiger partial charge in [-0.2, -0.15) is 0 Å². The number of hydrogen-bond acceptors (Lipinski definition) is 3. The summed E-state index contributed by atoms with van der Waals surface area (Å²) in [4.78, 5) is 16.0. The Morgan fingerprint density at radius 1 is 1.28 bits per heavy atom. The van der Waals surface area contributed by atoms with Crippen LogP contribution in [0.4, 0.5) is 0 Å². The highest BCUT2D eigenvalue weighted by Gasteiger charge is 2.08. The van der Waals surface area contributed by atoms with Gasteiger partial charge in [-0.15, -0.1) is 0 Å². The molecule has 1 aromatic heterocycles. The molecule has 0 radical (unpaired) electrons. The monoisotopic (exact) mass is 244 g/mol. The van der Waals surface area contributed by atoms with Crippen LogP contribution in [0.5, 0.6) is 5.75 Å². The maximum absolute atomic E-state index is 11.9. The number of ketones is 1. The number of aryl methyl sites for hydroxylation is 1. The molecule has 1 aromatic carbocycles. The van der Waals surface area contributed by atoms with Gasteiger partial charge in [0.2, 0.25) is 0 Å². The van der Waals surface area contributed by atoms with Gasteiger partial charge in [0.25, 0.3) is 0 Å². The molecule has 0 aliphatic rings. The van der Waals surface area contributed by atoms with Crippen LogP contribution in [0.1, 0.15) is 11.4 Å². The van der Waals surface area contributed by atoms with Crippen molar-refractivity contribution in [3.63, 3.8) is 0 Å². The predicted octanol–water partition coefficient (Wildman–Crippen LogP) is 1.78. The molecule has 0 spiro atoms. The number of benzene rings is 1. The van der Waals surface area contributed by atoms with Crippen molar-refractivity contribution in [1.29, 1.82) is 0 Å². The first-order chi connectivity index (χ1) is 8.69. The quantitative estimate of drug-likeness (QED) is 0.805. The smallest absolute Gasteiger partial charge is 0.144 e. The maximum Gasteiger partial charge on any atom is 0.144 e. The van der Waals surface area contributed by atoms with E-state index in [1.807, 2.05) is 42.1 Å². The first-order valence-electron chi connectivity index (χ1n) is 5.80. The Balaban J connectivity index is 1.96. The zero-order chi connectivity index (χ0) is 13.0. The van der Waals surface area contributed by atoms with Gasteiger partial charge >= 0.3 is 0 Å². The first kappa shape index (κ1) is 12.4. The van der Waals surface area contributed by atoms with E-state index in [-0.39, 0.29) is 5.78 Å². The van der Waals surface area contributed by atoms with Crippen LogP contribution in [0.15, 0.2) is 36.7 Å². The third-order valence-electron chi connectivity index (χ3n) is 2.84. The average molecular weight is 244 g/mol. The number of hydrogen-bond donors (Lipinski definition) is 0. The van der Waals surface area contributed by atoms with Crippen LogP contribution in [0.25, 0.3) is 0 Å². The molecule has 0 bridgehead atoms. The minimum absolute atomic E-state index is 0.162. The zero-order valence-corrected chi connectivity index (χ0v) is 10.6. The van der Waals surface area contributed by atoms with Crippen molar-refractivity contribution in [1.82, 2.24) is 9.55 Å². The van der Waals surface area contributed by atoms with Gasteiger partial charge in [0.05, 0.1) is 13.5 Å². The van der Waals surface area contributed by atoms with Crippen molar-refractivity contribution in [2.45, 2.75) is 12.8 Å². The van der Waals surface area contributed by atoms with Crippen LogP contribution in [-0.4, -0.2) is 22.4 Å². The maximum atomic E-state index is 11.9. The molecular weight excluding hydrogens is 228 g/mol. The van der Waals surface area contributed by atoms with Crippen molar-refractivity contribution in [2.24, 2.45) is 7.05 Å². The highest BCUT2D eigenvalue weighted by atomic mass is 16.5. The number of nitrogens with zero attached hydrogens (tertiary/aromatic N) is 2. The van der Waals surface area contributed by atoms with E-state index >= 15 is 0 Å². The Hall–Kier alpha value is -2.10. The fourth-order valence-corrected chi connectivity index (χ4v) is 1.78. The molecule has 0 aliphatic heterocycles. The summed E-state index contributed by atoms with van der Waals surface area (Å²) in [6.07, 6.45) is 4.35. The molecule has 2 aromatic rings. The molecule has 4 heteroatoms. The lowest BCUT2D eigenvalue weighted by Crippen LogP contribution is -2.10. The number of rotatable bonds is 5. The summed E-state index contributed by atoms with van der Waals surface area (Å²) in [5, 5.41) is 0. The van der Waals surface area contributed by atoms with E-state index < -0.39 is 0 Å². The van der Waals surface area contributed by atoms with Gasteiger partial charge in [-0.1, -0.05) is 12.1 Å². The van der Waals surface area contributed by atoms with Crippen molar-refractivity contribution < 1.29 is 9.53 Å². The summed E-state index contributed by atoms with van der Waals surface area (Å²) < 4.78 is 6.94. The molecule has 0 fully saturated rings. The minimum atomic E-state index is 0.162. The van der Waals surface area contributed by atoms with Crippen LogP contribution in [0, 0.1) is 0 Å². The number of carbonyl (C=O) groups is 1. The van der Waals surface area contributed by atoms with Crippen molar-refractivity contribution in [2.75, 3.05) is 7.11 Å². The fourth-order valence-electron chi connectivity index (χ4n) is 1.78. The largest absolute Gasteiger partial charge is 0.497 e. The molecule has 0 amide bonds. The lowest BCUT2D eigenvalue weighted by molar-refractivity contribution is -0.117. The molecule has 1 heterocycles. The second-order valence-corrected chi connectivity index (χ2v) is 4.19. The van der Waals surface area contributed by atoms with E-state index in [4.69, 9.17) is 4.74 Å². The normalized spacial score (nSPS) is 10.3. The predicted molar refractivity (Wildman–Crippen MR) is 68.6 cm³/mol. The van der Waals surface area contributed by atoms with Gasteiger partial charge in [-0.05, 0) is 17.7 Å². The summed E-state index contributed by atoms with van der Waals surface area (Å²) in [5.41, 5.74) is 0.995. The number of aromatic nitrogens is 2. The third kappa shape index (κ3) is 2.97. The zero-order valence-electron chi connectivity index (χ0n) is 10.6. The summed E-state index contributed by atoms with van der Waals surface area (Å²) in [5.74, 6) is 1.76. The topological polar surface area (TPSA) is 44.1 Å². The minimum Gasteiger partial charge on any atom is -0.497 e.